The Bertz CT molecular complexity index is 816. The minimum Gasteiger partial charge on any atom is -0.480 e. The van der Waals surface area contributed by atoms with Gasteiger partial charge in [-0.05, 0) is 6.42 Å². The van der Waals surface area contributed by atoms with E-state index in [1.807, 2.05) is 0 Å². The van der Waals surface area contributed by atoms with E-state index >= 15 is 0 Å². The van der Waals surface area contributed by atoms with E-state index in [0.29, 0.717) is 13.1 Å². The van der Waals surface area contributed by atoms with Gasteiger partial charge in [-0.25, -0.2) is 0 Å². The van der Waals surface area contributed by atoms with Gasteiger partial charge in [0.05, 0.1) is 13.1 Å². The van der Waals surface area contributed by atoms with Crippen LogP contribution in [0.25, 0.3) is 0 Å². The van der Waals surface area contributed by atoms with E-state index in [1.54, 1.807) is 14.7 Å². The van der Waals surface area contributed by atoms with Crippen molar-refractivity contribution in [2.75, 3.05) is 65.4 Å². The van der Waals surface area contributed by atoms with Crippen LogP contribution in [-0.2, 0) is 28.8 Å². The SMILES string of the molecule is O=C(O)CN1CCN(CC(=O)O)CCN(C(CCC(=O)NCCN2C(=O)C=CC2=O)C(=O)O)CC1. The second-order valence-electron chi connectivity index (χ2n) is 8.28. The zero-order valence-electron chi connectivity index (χ0n) is 19.3. The van der Waals surface area contributed by atoms with Gasteiger partial charge in [-0.2, -0.15) is 0 Å². The minimum absolute atomic E-state index is 0.00369. The number of amides is 3. The first-order valence-corrected chi connectivity index (χ1v) is 11.2. The molecule has 0 aromatic carbocycles. The van der Waals surface area contributed by atoms with Gasteiger partial charge in [-0.15, -0.1) is 0 Å². The zero-order valence-corrected chi connectivity index (χ0v) is 19.3. The van der Waals surface area contributed by atoms with Crippen LogP contribution in [-0.4, -0.2) is 142 Å². The number of nitrogens with zero attached hydrogens (tertiary/aromatic N) is 4. The highest BCUT2D eigenvalue weighted by Gasteiger charge is 2.29. The van der Waals surface area contributed by atoms with Crippen LogP contribution in [0.1, 0.15) is 12.8 Å². The molecule has 1 atom stereocenters. The van der Waals surface area contributed by atoms with E-state index < -0.39 is 41.7 Å². The van der Waals surface area contributed by atoms with Gasteiger partial charge in [0.1, 0.15) is 6.04 Å². The quantitative estimate of drug-likeness (QED) is 0.205. The smallest absolute Gasteiger partial charge is 0.320 e. The molecule has 1 fully saturated rings. The van der Waals surface area contributed by atoms with Crippen molar-refractivity contribution in [1.82, 2.24) is 24.9 Å². The fraction of sp³-hybridized carbons (Fsp3) is 0.619. The number of carboxylic acids is 3. The first-order valence-electron chi connectivity index (χ1n) is 11.2. The van der Waals surface area contributed by atoms with Crippen LogP contribution in [0, 0.1) is 0 Å². The topological polar surface area (TPSA) is 188 Å². The Hall–Kier alpha value is -3.36. The van der Waals surface area contributed by atoms with Gasteiger partial charge in [0, 0.05) is 70.9 Å². The Balaban J connectivity index is 1.94. The summed E-state index contributed by atoms with van der Waals surface area (Å²) in [5.41, 5.74) is 0. The normalized spacial score (nSPS) is 19.1. The number of carboxylic acid groups (broad SMARTS) is 3. The average molecular weight is 498 g/mol. The van der Waals surface area contributed by atoms with Gasteiger partial charge in [-0.3, -0.25) is 48.4 Å². The molecule has 194 valence electrons. The van der Waals surface area contributed by atoms with Gasteiger partial charge in [0.15, 0.2) is 0 Å². The average Bonchev–Trinajstić information content (AvgIpc) is 3.12. The molecule has 0 saturated carbocycles. The number of carbonyl (C=O) groups excluding carboxylic acids is 3. The molecule has 1 unspecified atom stereocenters. The van der Waals surface area contributed by atoms with Crippen molar-refractivity contribution >= 4 is 35.6 Å². The highest BCUT2D eigenvalue weighted by molar-refractivity contribution is 6.12. The number of hydrogen-bond acceptors (Lipinski definition) is 9. The molecule has 14 nitrogen and oxygen atoms in total. The number of imide groups is 1. The van der Waals surface area contributed by atoms with E-state index in [4.69, 9.17) is 10.2 Å². The molecule has 3 amide bonds. The van der Waals surface area contributed by atoms with E-state index in [2.05, 4.69) is 5.32 Å². The molecule has 4 N–H and O–H groups in total. The summed E-state index contributed by atoms with van der Waals surface area (Å²) in [5.74, 6) is -4.59. The van der Waals surface area contributed by atoms with E-state index in [9.17, 15) is 33.9 Å². The summed E-state index contributed by atoms with van der Waals surface area (Å²) in [7, 11) is 0. The van der Waals surface area contributed by atoms with Crippen LogP contribution >= 0.6 is 0 Å². The van der Waals surface area contributed by atoms with Gasteiger partial charge in [0.2, 0.25) is 5.91 Å². The van der Waals surface area contributed by atoms with Gasteiger partial charge >= 0.3 is 17.9 Å². The Morgan fingerprint density at radius 1 is 0.829 bits per heavy atom. The first-order chi connectivity index (χ1) is 16.6. The van der Waals surface area contributed by atoms with Gasteiger partial charge in [-0.1, -0.05) is 0 Å². The van der Waals surface area contributed by atoms with Crippen LogP contribution in [0.2, 0.25) is 0 Å². The van der Waals surface area contributed by atoms with Gasteiger partial charge < -0.3 is 20.6 Å². The number of nitrogens with one attached hydrogen (secondary N) is 1. The summed E-state index contributed by atoms with van der Waals surface area (Å²) >= 11 is 0. The highest BCUT2D eigenvalue weighted by atomic mass is 16.4. The third kappa shape index (κ3) is 9.42. The fourth-order valence-corrected chi connectivity index (χ4v) is 3.95. The van der Waals surface area contributed by atoms with Crippen molar-refractivity contribution in [2.45, 2.75) is 18.9 Å². The van der Waals surface area contributed by atoms with Crippen molar-refractivity contribution in [3.8, 4) is 0 Å². The van der Waals surface area contributed by atoms with Crippen molar-refractivity contribution in [2.24, 2.45) is 0 Å². The molecule has 0 aliphatic carbocycles. The number of rotatable bonds is 12. The van der Waals surface area contributed by atoms with Crippen molar-refractivity contribution in [3.63, 3.8) is 0 Å². The molecule has 0 spiro atoms. The molecule has 2 aliphatic rings. The van der Waals surface area contributed by atoms with Crippen molar-refractivity contribution in [1.29, 1.82) is 0 Å². The van der Waals surface area contributed by atoms with E-state index in [-0.39, 0.29) is 65.2 Å². The highest BCUT2D eigenvalue weighted by Crippen LogP contribution is 2.11. The fourth-order valence-electron chi connectivity index (χ4n) is 3.95. The maximum Gasteiger partial charge on any atom is 0.320 e. The predicted molar refractivity (Wildman–Crippen MR) is 119 cm³/mol. The second-order valence-corrected chi connectivity index (χ2v) is 8.28. The summed E-state index contributed by atoms with van der Waals surface area (Å²) in [6, 6.07) is -1.04. The molecule has 2 heterocycles. The third-order valence-electron chi connectivity index (χ3n) is 5.79. The Morgan fingerprint density at radius 2 is 1.31 bits per heavy atom. The number of hydrogen-bond donors (Lipinski definition) is 4. The maximum absolute atomic E-state index is 12.2. The van der Waals surface area contributed by atoms with Gasteiger partial charge in [0.25, 0.3) is 11.8 Å². The summed E-state index contributed by atoms with van der Waals surface area (Å²) in [4.78, 5) is 75.5. The molecule has 0 bridgehead atoms. The molecule has 35 heavy (non-hydrogen) atoms. The molecule has 0 radical (unpaired) electrons. The Labute approximate surface area is 201 Å². The summed E-state index contributed by atoms with van der Waals surface area (Å²) in [6.07, 6.45) is 2.14. The molecule has 0 aromatic heterocycles. The van der Waals surface area contributed by atoms with Crippen molar-refractivity contribution in [3.05, 3.63) is 12.2 Å². The lowest BCUT2D eigenvalue weighted by atomic mass is 10.1. The van der Waals surface area contributed by atoms with Crippen LogP contribution < -0.4 is 5.32 Å². The molecular weight excluding hydrogens is 466 g/mol. The van der Waals surface area contributed by atoms with Crippen molar-refractivity contribution < 1.29 is 44.1 Å². The largest absolute Gasteiger partial charge is 0.480 e. The Morgan fingerprint density at radius 3 is 1.77 bits per heavy atom. The molecule has 0 aromatic rings. The van der Waals surface area contributed by atoms with Crippen LogP contribution in [0.5, 0.6) is 0 Å². The molecule has 1 saturated heterocycles. The lowest BCUT2D eigenvalue weighted by Gasteiger charge is -2.30. The van der Waals surface area contributed by atoms with Crippen LogP contribution in [0.4, 0.5) is 0 Å². The minimum atomic E-state index is -1.15. The Kier molecular flexibility index (Phi) is 10.8. The van der Waals surface area contributed by atoms with Crippen LogP contribution in [0.3, 0.4) is 0 Å². The summed E-state index contributed by atoms with van der Waals surface area (Å²) in [5, 5.41) is 30.6. The molecule has 2 rings (SSSR count). The number of carbonyl (C=O) groups is 6. The van der Waals surface area contributed by atoms with Crippen LogP contribution in [0.15, 0.2) is 12.2 Å². The lowest BCUT2D eigenvalue weighted by Crippen LogP contribution is -2.47. The first kappa shape index (κ1) is 27.9. The summed E-state index contributed by atoms with van der Waals surface area (Å²) in [6.45, 7) is 1.19. The van der Waals surface area contributed by atoms with E-state index in [0.717, 1.165) is 17.1 Å². The molecular formula is C21H31N5O9. The maximum atomic E-state index is 12.2. The second kappa shape index (κ2) is 13.5. The standard InChI is InChI=1S/C21H31N5O9/c27-16(22-5-6-26-17(28)3-4-18(26)29)2-1-15(21(34)35)25-11-9-23(13-19(30)31)7-8-24(10-12-25)14-20(32)33/h3-4,15H,1-2,5-14H2,(H,22,27)(H,30,31)(H,32,33)(H,34,35). The number of aliphatic carboxylic acids is 3. The monoisotopic (exact) mass is 497 g/mol. The van der Waals surface area contributed by atoms with E-state index in [1.165, 1.54) is 0 Å². The molecule has 14 heteroatoms. The summed E-state index contributed by atoms with van der Waals surface area (Å²) < 4.78 is 0. The zero-order chi connectivity index (χ0) is 26.0. The third-order valence-corrected chi connectivity index (χ3v) is 5.79. The predicted octanol–water partition coefficient (Wildman–Crippen LogP) is -2.65. The lowest BCUT2D eigenvalue weighted by molar-refractivity contribution is -0.145. The molecule has 2 aliphatic heterocycles.